The highest BCUT2D eigenvalue weighted by Gasteiger charge is 2.49. The third kappa shape index (κ3) is 3.69. The van der Waals surface area contributed by atoms with Gasteiger partial charge in [-0.3, -0.25) is 4.99 Å². The molecule has 0 aliphatic carbocycles. The molecular formula is C20H39N5Si. The monoisotopic (exact) mass is 377 g/mol. The number of hydrogen-bond acceptors (Lipinski definition) is 5. The van der Waals surface area contributed by atoms with Gasteiger partial charge in [-0.2, -0.15) is 0 Å². The molecule has 0 aromatic carbocycles. The van der Waals surface area contributed by atoms with E-state index in [1.165, 1.54) is 90.0 Å². The average molecular weight is 378 g/mol. The Balaban J connectivity index is 1.62. The molecule has 5 nitrogen and oxygen atoms in total. The number of rotatable bonds is 4. The number of aliphatic imine (C=N–C) groups is 1. The number of nitrogens with one attached hydrogen (secondary N) is 2. The van der Waals surface area contributed by atoms with Crippen molar-refractivity contribution in [2.45, 2.75) is 82.1 Å². The predicted octanol–water partition coefficient (Wildman–Crippen LogP) is 2.61. The molecule has 2 atom stereocenters. The summed E-state index contributed by atoms with van der Waals surface area (Å²) in [6.07, 6.45) is 10.8. The van der Waals surface area contributed by atoms with Crippen molar-refractivity contribution in [3.63, 3.8) is 0 Å². The van der Waals surface area contributed by atoms with E-state index in [-0.39, 0.29) is 0 Å². The maximum atomic E-state index is 5.03. The van der Waals surface area contributed by atoms with E-state index in [9.17, 15) is 0 Å². The van der Waals surface area contributed by atoms with Gasteiger partial charge in [-0.15, -0.1) is 0 Å². The Kier molecular flexibility index (Phi) is 5.91. The second-order valence-electron chi connectivity index (χ2n) is 9.32. The molecule has 0 aromatic heterocycles. The fourth-order valence-corrected chi connectivity index (χ4v) is 10.4. The lowest BCUT2D eigenvalue weighted by Gasteiger charge is -2.54. The van der Waals surface area contributed by atoms with Crippen molar-refractivity contribution in [1.82, 2.24) is 20.1 Å². The van der Waals surface area contributed by atoms with Gasteiger partial charge in [0.1, 0.15) is 0 Å². The van der Waals surface area contributed by atoms with Crippen molar-refractivity contribution >= 4 is 14.2 Å². The van der Waals surface area contributed by atoms with E-state index in [4.69, 9.17) is 4.99 Å². The molecule has 0 aromatic rings. The molecule has 3 saturated heterocycles. The predicted molar refractivity (Wildman–Crippen MR) is 112 cm³/mol. The highest BCUT2D eigenvalue weighted by Crippen LogP contribution is 2.39. The number of hydrogen-bond donors (Lipinski definition) is 2. The minimum atomic E-state index is -1.68. The Bertz CT molecular complexity index is 478. The molecule has 4 heterocycles. The minimum absolute atomic E-state index is 0.695. The standard InChI is InChI=1S/C20H39N5Si/c1-26(2,25-16-8-15-24-14-7-13-23-20(24)25)19(17-9-3-5-11-21-17)18-10-4-6-12-22-18/h17-19,21-22H,3-16H2,1-2H3. The lowest BCUT2D eigenvalue weighted by molar-refractivity contribution is 0.268. The minimum Gasteiger partial charge on any atom is -0.369 e. The van der Waals surface area contributed by atoms with Gasteiger partial charge in [0.2, 0.25) is 0 Å². The first-order valence-corrected chi connectivity index (χ1v) is 14.2. The summed E-state index contributed by atoms with van der Waals surface area (Å²) in [7, 11) is -1.68. The number of guanidine groups is 1. The van der Waals surface area contributed by atoms with E-state index in [0.717, 1.165) is 12.1 Å². The lowest BCUT2D eigenvalue weighted by Crippen LogP contribution is -2.68. The van der Waals surface area contributed by atoms with Crippen molar-refractivity contribution in [3.8, 4) is 0 Å². The van der Waals surface area contributed by atoms with E-state index in [2.05, 4.69) is 33.2 Å². The van der Waals surface area contributed by atoms with Crippen molar-refractivity contribution in [1.29, 1.82) is 0 Å². The van der Waals surface area contributed by atoms with E-state index in [1.807, 2.05) is 0 Å². The first-order chi connectivity index (χ1) is 12.7. The van der Waals surface area contributed by atoms with Gasteiger partial charge in [0.15, 0.2) is 14.2 Å². The van der Waals surface area contributed by atoms with Gasteiger partial charge in [0.05, 0.1) is 0 Å². The van der Waals surface area contributed by atoms with Crippen LogP contribution in [0.2, 0.25) is 18.6 Å². The van der Waals surface area contributed by atoms with Crippen molar-refractivity contribution in [2.75, 3.05) is 39.3 Å². The second kappa shape index (κ2) is 8.19. The summed E-state index contributed by atoms with van der Waals surface area (Å²) in [6.45, 7) is 12.4. The molecule has 0 spiro atoms. The Morgan fingerprint density at radius 1 is 0.885 bits per heavy atom. The largest absolute Gasteiger partial charge is 0.369 e. The average Bonchev–Trinajstić information content (AvgIpc) is 2.69. The molecule has 4 aliphatic rings. The summed E-state index contributed by atoms with van der Waals surface area (Å²) in [5.41, 5.74) is 0.771. The number of piperidine rings is 2. The van der Waals surface area contributed by atoms with Gasteiger partial charge in [-0.05, 0) is 51.6 Å². The number of nitrogens with zero attached hydrogens (tertiary/aromatic N) is 3. The van der Waals surface area contributed by atoms with Crippen LogP contribution in [0.5, 0.6) is 0 Å². The Morgan fingerprint density at radius 2 is 1.54 bits per heavy atom. The summed E-state index contributed by atoms with van der Waals surface area (Å²) < 4.78 is 2.83. The fraction of sp³-hybridized carbons (Fsp3) is 0.950. The molecule has 4 rings (SSSR count). The van der Waals surface area contributed by atoms with Crippen LogP contribution in [0.3, 0.4) is 0 Å². The molecule has 0 saturated carbocycles. The molecule has 148 valence electrons. The van der Waals surface area contributed by atoms with E-state index < -0.39 is 8.24 Å². The first-order valence-electron chi connectivity index (χ1n) is 11.2. The topological polar surface area (TPSA) is 42.9 Å². The van der Waals surface area contributed by atoms with Crippen LogP contribution in [0, 0.1) is 0 Å². The molecule has 26 heavy (non-hydrogen) atoms. The van der Waals surface area contributed by atoms with Crippen molar-refractivity contribution in [3.05, 3.63) is 0 Å². The third-order valence-corrected chi connectivity index (χ3v) is 11.5. The van der Waals surface area contributed by atoms with Crippen LogP contribution in [0.4, 0.5) is 0 Å². The highest BCUT2D eigenvalue weighted by molar-refractivity contribution is 6.78. The molecule has 3 fully saturated rings. The van der Waals surface area contributed by atoms with Crippen molar-refractivity contribution < 1.29 is 0 Å². The molecule has 2 unspecified atom stereocenters. The normalized spacial score (nSPS) is 32.0. The van der Waals surface area contributed by atoms with Gasteiger partial charge in [-0.25, -0.2) is 0 Å². The zero-order valence-corrected chi connectivity index (χ0v) is 18.0. The van der Waals surface area contributed by atoms with Gasteiger partial charge in [-0.1, -0.05) is 25.9 Å². The maximum Gasteiger partial charge on any atom is 0.188 e. The van der Waals surface area contributed by atoms with Crippen LogP contribution in [0.1, 0.15) is 51.4 Å². The molecule has 0 bridgehead atoms. The van der Waals surface area contributed by atoms with Crippen LogP contribution in [0.25, 0.3) is 0 Å². The molecule has 6 heteroatoms. The zero-order chi connectivity index (χ0) is 18.0. The van der Waals surface area contributed by atoms with E-state index >= 15 is 0 Å². The smallest absolute Gasteiger partial charge is 0.188 e. The van der Waals surface area contributed by atoms with E-state index in [0.29, 0.717) is 12.1 Å². The summed E-state index contributed by atoms with van der Waals surface area (Å²) in [5, 5.41) is 7.90. The zero-order valence-electron chi connectivity index (χ0n) is 17.0. The maximum absolute atomic E-state index is 5.03. The van der Waals surface area contributed by atoms with Crippen LogP contribution in [-0.4, -0.2) is 75.0 Å². The lowest BCUT2D eigenvalue weighted by atomic mass is 9.93. The summed E-state index contributed by atoms with van der Waals surface area (Å²) in [6, 6.07) is 1.39. The van der Waals surface area contributed by atoms with Gasteiger partial charge < -0.3 is 20.1 Å². The van der Waals surface area contributed by atoms with Crippen LogP contribution in [-0.2, 0) is 0 Å². The Hall–Kier alpha value is -0.593. The molecule has 4 aliphatic heterocycles. The van der Waals surface area contributed by atoms with Crippen LogP contribution >= 0.6 is 0 Å². The third-order valence-electron chi connectivity index (χ3n) is 7.25. The summed E-state index contributed by atoms with van der Waals surface area (Å²) in [4.78, 5) is 7.62. The summed E-state index contributed by atoms with van der Waals surface area (Å²) >= 11 is 0. The Morgan fingerprint density at radius 3 is 2.15 bits per heavy atom. The van der Waals surface area contributed by atoms with Gasteiger partial charge in [0.25, 0.3) is 0 Å². The molecule has 0 amide bonds. The summed E-state index contributed by atoms with van der Waals surface area (Å²) in [5.74, 6) is 1.36. The van der Waals surface area contributed by atoms with Crippen LogP contribution in [0.15, 0.2) is 4.99 Å². The SMILES string of the molecule is C[Si](C)(C(C1CCCCN1)C1CCCCN1)N1CCCN2CCCN=C21. The van der Waals surface area contributed by atoms with Gasteiger partial charge in [0, 0.05) is 43.8 Å². The first kappa shape index (κ1) is 18.8. The highest BCUT2D eigenvalue weighted by atomic mass is 28.3. The fourth-order valence-electron chi connectivity index (χ4n) is 5.99. The van der Waals surface area contributed by atoms with Crippen LogP contribution < -0.4 is 10.6 Å². The van der Waals surface area contributed by atoms with Gasteiger partial charge >= 0.3 is 0 Å². The quantitative estimate of drug-likeness (QED) is 0.739. The molecule has 0 radical (unpaired) electrons. The second-order valence-corrected chi connectivity index (χ2v) is 13.8. The Labute approximate surface area is 161 Å². The van der Waals surface area contributed by atoms with E-state index in [1.54, 1.807) is 0 Å². The molecule has 2 N–H and O–H groups in total. The number of fused-ring (bicyclic) bond motifs is 1. The van der Waals surface area contributed by atoms with Crippen molar-refractivity contribution in [2.24, 2.45) is 4.99 Å². The molecular weight excluding hydrogens is 338 g/mol.